The minimum absolute atomic E-state index is 0.197. The number of anilines is 2. The van der Waals surface area contributed by atoms with Gasteiger partial charge in [-0.15, -0.1) is 0 Å². The molecular weight excluding hydrogens is 391 g/mol. The Bertz CT molecular complexity index is 706. The van der Waals surface area contributed by atoms with Crippen LogP contribution in [0.2, 0.25) is 0 Å². The fourth-order valence-corrected chi connectivity index (χ4v) is 2.88. The van der Waals surface area contributed by atoms with Crippen LogP contribution in [0.5, 0.6) is 0 Å². The lowest BCUT2D eigenvalue weighted by Gasteiger charge is -2.14. The van der Waals surface area contributed by atoms with E-state index in [4.69, 9.17) is 0 Å². The number of carbonyl (C=O) groups is 1. The molecule has 0 saturated carbocycles. The van der Waals surface area contributed by atoms with Crippen molar-refractivity contribution in [1.29, 1.82) is 0 Å². The summed E-state index contributed by atoms with van der Waals surface area (Å²) in [7, 11) is 0. The van der Waals surface area contributed by atoms with Gasteiger partial charge in [0.2, 0.25) is 0 Å². The predicted molar refractivity (Wildman–Crippen MR) is 83.2 cm³/mol. The van der Waals surface area contributed by atoms with Crippen LogP contribution < -0.4 is 10.6 Å². The van der Waals surface area contributed by atoms with Gasteiger partial charge < -0.3 is 10.6 Å². The summed E-state index contributed by atoms with van der Waals surface area (Å²) in [6.45, 7) is 0. The van der Waals surface area contributed by atoms with E-state index >= 15 is 0 Å². The van der Waals surface area contributed by atoms with Crippen molar-refractivity contribution in [2.24, 2.45) is 0 Å². The summed E-state index contributed by atoms with van der Waals surface area (Å²) >= 11 is 6.66. The van der Waals surface area contributed by atoms with Gasteiger partial charge in [0, 0.05) is 20.2 Å². The molecular formula is C14H9Br2FN2O. The van der Waals surface area contributed by atoms with E-state index < -0.39 is 11.9 Å². The lowest BCUT2D eigenvalue weighted by Crippen LogP contribution is -2.20. The second-order valence-corrected chi connectivity index (χ2v) is 6.25. The topological polar surface area (TPSA) is 41.1 Å². The summed E-state index contributed by atoms with van der Waals surface area (Å²) in [5.74, 6) is -0.595. The van der Waals surface area contributed by atoms with Crippen molar-refractivity contribution in [2.45, 2.75) is 6.04 Å². The standard InChI is InChI=1S/C14H9Br2FN2O/c15-7-2-4-11-9(5-7)13(14(20)19-11)18-12-6-8(16)1-3-10(12)17/h1-6,13,18H,(H,19,20). The number of carbonyl (C=O) groups excluding carboxylic acids is 1. The molecule has 1 heterocycles. The summed E-state index contributed by atoms with van der Waals surface area (Å²) in [6, 6.07) is 9.48. The lowest BCUT2D eigenvalue weighted by molar-refractivity contribution is -0.116. The van der Waals surface area contributed by atoms with Gasteiger partial charge in [0.25, 0.3) is 5.91 Å². The molecule has 0 fully saturated rings. The van der Waals surface area contributed by atoms with Crippen LogP contribution in [0.3, 0.4) is 0 Å². The Hall–Kier alpha value is -1.40. The van der Waals surface area contributed by atoms with Crippen LogP contribution in [0.1, 0.15) is 11.6 Å². The Morgan fingerprint density at radius 2 is 1.80 bits per heavy atom. The first-order valence-electron chi connectivity index (χ1n) is 5.86. The van der Waals surface area contributed by atoms with Gasteiger partial charge >= 0.3 is 0 Å². The highest BCUT2D eigenvalue weighted by atomic mass is 79.9. The van der Waals surface area contributed by atoms with Crippen molar-refractivity contribution in [1.82, 2.24) is 0 Å². The number of hydrogen-bond donors (Lipinski definition) is 2. The number of nitrogens with one attached hydrogen (secondary N) is 2. The van der Waals surface area contributed by atoms with Crippen molar-refractivity contribution >= 4 is 49.1 Å². The van der Waals surface area contributed by atoms with E-state index in [2.05, 4.69) is 42.5 Å². The fraction of sp³-hybridized carbons (Fsp3) is 0.0714. The molecule has 0 radical (unpaired) electrons. The first kappa shape index (κ1) is 13.6. The highest BCUT2D eigenvalue weighted by Gasteiger charge is 2.31. The third kappa shape index (κ3) is 2.45. The van der Waals surface area contributed by atoms with Gasteiger partial charge in [0.05, 0.1) is 5.69 Å². The van der Waals surface area contributed by atoms with Crippen LogP contribution in [0, 0.1) is 5.82 Å². The molecule has 2 aromatic carbocycles. The molecule has 2 aromatic rings. The maximum Gasteiger partial charge on any atom is 0.251 e. The summed E-state index contributed by atoms with van der Waals surface area (Å²) in [4.78, 5) is 12.0. The molecule has 3 nitrogen and oxygen atoms in total. The number of rotatable bonds is 2. The Labute approximate surface area is 131 Å². The van der Waals surface area contributed by atoms with Gasteiger partial charge in [-0.25, -0.2) is 4.39 Å². The van der Waals surface area contributed by atoms with E-state index in [1.54, 1.807) is 12.1 Å². The fourth-order valence-electron chi connectivity index (χ4n) is 2.14. The zero-order chi connectivity index (χ0) is 14.3. The second-order valence-electron chi connectivity index (χ2n) is 4.42. The molecule has 3 rings (SSSR count). The Kier molecular flexibility index (Phi) is 3.52. The first-order valence-corrected chi connectivity index (χ1v) is 7.45. The van der Waals surface area contributed by atoms with Crippen LogP contribution in [0.15, 0.2) is 45.3 Å². The molecule has 102 valence electrons. The SMILES string of the molecule is O=C1Nc2ccc(Br)cc2C1Nc1cc(Br)ccc1F. The van der Waals surface area contributed by atoms with Crippen LogP contribution in [-0.2, 0) is 4.79 Å². The Balaban J connectivity index is 1.97. The molecule has 6 heteroatoms. The van der Waals surface area contributed by atoms with E-state index in [-0.39, 0.29) is 11.6 Å². The zero-order valence-corrected chi connectivity index (χ0v) is 13.3. The Morgan fingerprint density at radius 3 is 2.60 bits per heavy atom. The van der Waals surface area contributed by atoms with Crippen LogP contribution >= 0.6 is 31.9 Å². The van der Waals surface area contributed by atoms with Gasteiger partial charge in [0.15, 0.2) is 0 Å². The Morgan fingerprint density at radius 1 is 1.10 bits per heavy atom. The van der Waals surface area contributed by atoms with E-state index in [1.165, 1.54) is 6.07 Å². The number of benzene rings is 2. The van der Waals surface area contributed by atoms with Gasteiger partial charge in [-0.1, -0.05) is 31.9 Å². The van der Waals surface area contributed by atoms with Gasteiger partial charge in [-0.2, -0.15) is 0 Å². The molecule has 2 N–H and O–H groups in total. The van der Waals surface area contributed by atoms with Crippen molar-refractivity contribution in [3.8, 4) is 0 Å². The van der Waals surface area contributed by atoms with E-state index in [0.29, 0.717) is 0 Å². The largest absolute Gasteiger partial charge is 0.368 e. The molecule has 1 atom stereocenters. The smallest absolute Gasteiger partial charge is 0.251 e. The second kappa shape index (κ2) is 5.18. The number of hydrogen-bond acceptors (Lipinski definition) is 2. The minimum Gasteiger partial charge on any atom is -0.368 e. The van der Waals surface area contributed by atoms with Gasteiger partial charge in [0.1, 0.15) is 11.9 Å². The average molecular weight is 400 g/mol. The number of halogens is 3. The minimum atomic E-state index is -0.605. The predicted octanol–water partition coefficient (Wildman–Crippen LogP) is 4.46. The quantitative estimate of drug-likeness (QED) is 0.782. The summed E-state index contributed by atoms with van der Waals surface area (Å²) < 4.78 is 15.4. The molecule has 0 spiro atoms. The lowest BCUT2D eigenvalue weighted by atomic mass is 10.1. The third-order valence-electron chi connectivity index (χ3n) is 3.07. The number of amides is 1. The zero-order valence-electron chi connectivity index (χ0n) is 10.1. The maximum absolute atomic E-state index is 13.8. The molecule has 1 aliphatic rings. The van der Waals surface area contributed by atoms with Crippen LogP contribution in [0.25, 0.3) is 0 Å². The molecule has 1 amide bonds. The molecule has 20 heavy (non-hydrogen) atoms. The van der Waals surface area contributed by atoms with E-state index in [9.17, 15) is 9.18 Å². The van der Waals surface area contributed by atoms with Crippen molar-refractivity contribution in [3.05, 3.63) is 56.7 Å². The summed E-state index contributed by atoms with van der Waals surface area (Å²) in [5.41, 5.74) is 1.82. The van der Waals surface area contributed by atoms with Crippen molar-refractivity contribution in [2.75, 3.05) is 10.6 Å². The molecule has 0 aromatic heterocycles. The monoisotopic (exact) mass is 398 g/mol. The highest BCUT2D eigenvalue weighted by Crippen LogP contribution is 2.36. The molecule has 0 bridgehead atoms. The van der Waals surface area contributed by atoms with Crippen molar-refractivity contribution in [3.63, 3.8) is 0 Å². The van der Waals surface area contributed by atoms with E-state index in [1.807, 2.05) is 18.2 Å². The summed E-state index contributed by atoms with van der Waals surface area (Å²) in [5, 5.41) is 5.72. The highest BCUT2D eigenvalue weighted by molar-refractivity contribution is 9.10. The molecule has 0 aliphatic carbocycles. The third-order valence-corrected chi connectivity index (χ3v) is 4.06. The molecule has 1 aliphatic heterocycles. The van der Waals surface area contributed by atoms with Gasteiger partial charge in [-0.05, 0) is 36.4 Å². The molecule has 0 saturated heterocycles. The average Bonchev–Trinajstić information content (AvgIpc) is 2.70. The maximum atomic E-state index is 13.8. The normalized spacial score (nSPS) is 16.8. The van der Waals surface area contributed by atoms with E-state index in [0.717, 1.165) is 20.2 Å². The summed E-state index contributed by atoms with van der Waals surface area (Å²) in [6.07, 6.45) is 0. The van der Waals surface area contributed by atoms with Crippen LogP contribution in [0.4, 0.5) is 15.8 Å². The number of fused-ring (bicyclic) bond motifs is 1. The van der Waals surface area contributed by atoms with Gasteiger partial charge in [-0.3, -0.25) is 4.79 Å². The molecule has 1 unspecified atom stereocenters. The van der Waals surface area contributed by atoms with Crippen LogP contribution in [-0.4, -0.2) is 5.91 Å². The first-order chi connectivity index (χ1) is 9.54. The van der Waals surface area contributed by atoms with Crippen molar-refractivity contribution < 1.29 is 9.18 Å².